The van der Waals surface area contributed by atoms with E-state index in [2.05, 4.69) is 5.73 Å². The molecule has 5 nitrogen and oxygen atoms in total. The van der Waals surface area contributed by atoms with Gasteiger partial charge in [-0.2, -0.15) is 0 Å². The van der Waals surface area contributed by atoms with Crippen molar-refractivity contribution in [2.45, 2.75) is 13.8 Å². The van der Waals surface area contributed by atoms with Gasteiger partial charge in [-0.25, -0.2) is 4.79 Å². The predicted molar refractivity (Wildman–Crippen MR) is 38.9 cm³/mol. The van der Waals surface area contributed by atoms with E-state index in [0.717, 1.165) is 0 Å². The third-order valence-electron chi connectivity index (χ3n) is 0.531. The molecule has 0 fully saturated rings. The van der Waals surface area contributed by atoms with Gasteiger partial charge < -0.3 is 15.9 Å². The maximum absolute atomic E-state index is 9.70. The molecule has 0 unspecified atom stereocenters. The number of aliphatic hydroxyl groups excluding tert-OH is 1. The van der Waals surface area contributed by atoms with Gasteiger partial charge in [0.2, 0.25) is 5.91 Å². The zero-order valence-corrected chi connectivity index (χ0v) is 6.37. The molecule has 0 aliphatic rings. The number of nitrogens with two attached hydrogens (primary N) is 1. The van der Waals surface area contributed by atoms with Crippen LogP contribution in [0.25, 0.3) is 0 Å². The van der Waals surface area contributed by atoms with Crippen LogP contribution in [0, 0.1) is 0 Å². The van der Waals surface area contributed by atoms with E-state index in [0.29, 0.717) is 6.26 Å². The fraction of sp³-hybridized carbons (Fsp3) is 0.333. The molecule has 0 saturated heterocycles. The summed E-state index contributed by atoms with van der Waals surface area (Å²) in [5.74, 6) is -1.43. The molecule has 5 heteroatoms. The van der Waals surface area contributed by atoms with E-state index in [1.54, 1.807) is 0 Å². The van der Waals surface area contributed by atoms with Crippen molar-refractivity contribution in [1.29, 1.82) is 0 Å². The summed E-state index contributed by atoms with van der Waals surface area (Å²) in [6, 6.07) is 0. The monoisotopic (exact) mass is 161 g/mol. The lowest BCUT2D eigenvalue weighted by atomic mass is 10.4. The van der Waals surface area contributed by atoms with Gasteiger partial charge in [-0.05, 0) is 6.92 Å². The minimum atomic E-state index is -1.09. The molecule has 0 heterocycles. The second-order valence-electron chi connectivity index (χ2n) is 1.73. The maximum atomic E-state index is 9.70. The van der Waals surface area contributed by atoms with Crippen molar-refractivity contribution in [2.75, 3.05) is 0 Å². The van der Waals surface area contributed by atoms with Gasteiger partial charge in [0.05, 0.1) is 11.8 Å². The Hall–Kier alpha value is -1.52. The number of primary amides is 1. The fourth-order valence-electron chi connectivity index (χ4n) is 0.0552. The Labute approximate surface area is 64.1 Å². The summed E-state index contributed by atoms with van der Waals surface area (Å²) < 4.78 is 0. The lowest BCUT2D eigenvalue weighted by Crippen LogP contribution is -2.01. The van der Waals surface area contributed by atoms with Crippen LogP contribution in [0.2, 0.25) is 0 Å². The lowest BCUT2D eigenvalue weighted by molar-refractivity contribution is -0.132. The Bertz CT molecular complexity index is 169. The van der Waals surface area contributed by atoms with Crippen molar-refractivity contribution in [3.8, 4) is 0 Å². The number of carbonyl (C=O) groups is 2. The Morgan fingerprint density at radius 1 is 1.36 bits per heavy atom. The van der Waals surface area contributed by atoms with E-state index in [1.807, 2.05) is 0 Å². The van der Waals surface area contributed by atoms with E-state index in [-0.39, 0.29) is 11.5 Å². The number of carboxylic acids is 1. The highest BCUT2D eigenvalue weighted by molar-refractivity contribution is 5.85. The van der Waals surface area contributed by atoms with Gasteiger partial charge in [-0.3, -0.25) is 4.79 Å². The van der Waals surface area contributed by atoms with Crippen molar-refractivity contribution in [3.05, 3.63) is 11.8 Å². The van der Waals surface area contributed by atoms with Crippen LogP contribution in [-0.2, 0) is 9.59 Å². The normalized spacial score (nSPS) is 9.45. The number of amides is 1. The van der Waals surface area contributed by atoms with Crippen LogP contribution in [0.4, 0.5) is 0 Å². The van der Waals surface area contributed by atoms with E-state index in [4.69, 9.17) is 10.2 Å². The van der Waals surface area contributed by atoms with Crippen LogP contribution in [0.15, 0.2) is 11.8 Å². The minimum Gasteiger partial charge on any atom is -0.515 e. The SMILES string of the molecule is CC(=CO)C(=O)O.CC(N)=O. The summed E-state index contributed by atoms with van der Waals surface area (Å²) in [7, 11) is 0. The first-order valence-corrected chi connectivity index (χ1v) is 2.72. The number of carbonyl (C=O) groups excluding carboxylic acids is 1. The van der Waals surface area contributed by atoms with Crippen LogP contribution in [-0.4, -0.2) is 22.1 Å². The molecule has 0 rings (SSSR count). The quantitative estimate of drug-likeness (QED) is 0.373. The third kappa shape index (κ3) is 17.7. The first-order valence-electron chi connectivity index (χ1n) is 2.72. The van der Waals surface area contributed by atoms with Gasteiger partial charge in [-0.15, -0.1) is 0 Å². The van der Waals surface area contributed by atoms with E-state index < -0.39 is 5.97 Å². The number of aliphatic carboxylic acids is 1. The molecule has 0 spiro atoms. The average molecular weight is 161 g/mol. The molecule has 0 aromatic heterocycles. The molecule has 64 valence electrons. The summed E-state index contributed by atoms with van der Waals surface area (Å²) >= 11 is 0. The van der Waals surface area contributed by atoms with Crippen molar-refractivity contribution in [3.63, 3.8) is 0 Å². The molecule has 0 atom stereocenters. The van der Waals surface area contributed by atoms with Crippen LogP contribution in [0.3, 0.4) is 0 Å². The topological polar surface area (TPSA) is 101 Å². The maximum Gasteiger partial charge on any atom is 0.334 e. The van der Waals surface area contributed by atoms with Crippen molar-refractivity contribution >= 4 is 11.9 Å². The molecule has 11 heavy (non-hydrogen) atoms. The fourth-order valence-corrected chi connectivity index (χ4v) is 0.0552. The number of hydrogen-bond donors (Lipinski definition) is 3. The summed E-state index contributed by atoms with van der Waals surface area (Å²) in [6.45, 7) is 2.61. The second-order valence-corrected chi connectivity index (χ2v) is 1.73. The Morgan fingerprint density at radius 3 is 1.64 bits per heavy atom. The van der Waals surface area contributed by atoms with Crippen molar-refractivity contribution in [1.82, 2.24) is 0 Å². The number of rotatable bonds is 1. The van der Waals surface area contributed by atoms with E-state index in [9.17, 15) is 9.59 Å². The molecular formula is C6H11NO4. The van der Waals surface area contributed by atoms with Crippen LogP contribution >= 0.6 is 0 Å². The van der Waals surface area contributed by atoms with Crippen LogP contribution in [0.1, 0.15) is 13.8 Å². The molecule has 0 aromatic rings. The Balaban J connectivity index is 0. The number of carboxylic acid groups (broad SMARTS) is 1. The highest BCUT2D eigenvalue weighted by Crippen LogP contribution is 1.86. The molecule has 0 aliphatic heterocycles. The number of hydrogen-bond acceptors (Lipinski definition) is 3. The highest BCUT2D eigenvalue weighted by Gasteiger charge is 1.95. The zero-order chi connectivity index (χ0) is 9.44. The largest absolute Gasteiger partial charge is 0.515 e. The van der Waals surface area contributed by atoms with Gasteiger partial charge in [0.1, 0.15) is 0 Å². The molecule has 0 bridgehead atoms. The van der Waals surface area contributed by atoms with Crippen molar-refractivity contribution in [2.24, 2.45) is 5.73 Å². The molecule has 4 N–H and O–H groups in total. The first-order chi connectivity index (χ1) is 4.91. The lowest BCUT2D eigenvalue weighted by Gasteiger charge is -1.83. The van der Waals surface area contributed by atoms with Crippen LogP contribution < -0.4 is 5.73 Å². The smallest absolute Gasteiger partial charge is 0.334 e. The van der Waals surface area contributed by atoms with Gasteiger partial charge in [0.15, 0.2) is 0 Å². The summed E-state index contributed by atoms with van der Waals surface area (Å²) in [5, 5.41) is 15.9. The molecule has 0 radical (unpaired) electrons. The number of aliphatic hydroxyl groups is 1. The zero-order valence-electron chi connectivity index (χ0n) is 6.37. The minimum absolute atomic E-state index is 0.0556. The second kappa shape index (κ2) is 6.60. The van der Waals surface area contributed by atoms with Crippen molar-refractivity contribution < 1.29 is 19.8 Å². The van der Waals surface area contributed by atoms with Gasteiger partial charge in [-0.1, -0.05) is 0 Å². The third-order valence-corrected chi connectivity index (χ3v) is 0.531. The average Bonchev–Trinajstić information content (AvgIpc) is 1.85. The summed E-state index contributed by atoms with van der Waals surface area (Å²) in [5.41, 5.74) is 4.42. The summed E-state index contributed by atoms with van der Waals surface area (Å²) in [4.78, 5) is 18.9. The summed E-state index contributed by atoms with van der Waals surface area (Å²) in [6.07, 6.45) is 0.558. The van der Waals surface area contributed by atoms with Gasteiger partial charge in [0.25, 0.3) is 0 Å². The van der Waals surface area contributed by atoms with Gasteiger partial charge >= 0.3 is 5.97 Å². The molecule has 0 saturated carbocycles. The Kier molecular flexibility index (Phi) is 7.31. The van der Waals surface area contributed by atoms with E-state index in [1.165, 1.54) is 13.8 Å². The molecule has 0 aliphatic carbocycles. The highest BCUT2D eigenvalue weighted by atomic mass is 16.4. The van der Waals surface area contributed by atoms with Crippen LogP contribution in [0.5, 0.6) is 0 Å². The standard InChI is InChI=1S/C4H6O3.C2H5NO/c1-3(2-5)4(6)7;1-2(3)4/h2,5H,1H3,(H,6,7);1H3,(H2,3,4). The molecule has 0 aromatic carbocycles. The first kappa shape index (κ1) is 12.2. The predicted octanol–water partition coefficient (Wildman–Crippen LogP) is 0.0244. The Morgan fingerprint density at radius 2 is 1.64 bits per heavy atom. The van der Waals surface area contributed by atoms with Gasteiger partial charge in [0, 0.05) is 6.92 Å². The molecule has 1 amide bonds. The molecular weight excluding hydrogens is 150 g/mol. The van der Waals surface area contributed by atoms with E-state index >= 15 is 0 Å².